The van der Waals surface area contributed by atoms with E-state index in [-0.39, 0.29) is 72.9 Å². The third kappa shape index (κ3) is 44.6. The largest absolute Gasteiger partial charge is 5.00 e. The van der Waals surface area contributed by atoms with Crippen molar-refractivity contribution in [1.29, 1.82) is 0 Å². The van der Waals surface area contributed by atoms with E-state index in [9.17, 15) is 0 Å². The summed E-state index contributed by atoms with van der Waals surface area (Å²) in [4.78, 5) is 0. The quantitative estimate of drug-likeness (QED) is 0.531. The van der Waals surface area contributed by atoms with Crippen molar-refractivity contribution in [2.45, 2.75) is 0 Å². The van der Waals surface area contributed by atoms with Crippen molar-refractivity contribution in [2.75, 3.05) is 0 Å². The van der Waals surface area contributed by atoms with E-state index >= 15 is 0 Å². The maximum Gasteiger partial charge on any atom is 5.00 e. The fraction of sp³-hybridized carbons (Fsp3) is 0. The summed E-state index contributed by atoms with van der Waals surface area (Å²) < 4.78 is 0. The normalized spacial score (nSPS) is 0. The molecule has 0 atom stereocenters. The average molecular weight is 356 g/mol. The van der Waals surface area contributed by atoms with Crippen LogP contribution >= 0.6 is 0 Å². The zero-order valence-electron chi connectivity index (χ0n) is 2.27. The van der Waals surface area contributed by atoms with E-state index in [0.717, 1.165) is 0 Å². The van der Waals surface area contributed by atoms with Crippen molar-refractivity contribution < 1.29 is 72.9 Å². The Balaban J connectivity index is 0. The summed E-state index contributed by atoms with van der Waals surface area (Å²) in [6, 6.07) is 0. The second-order valence-corrected chi connectivity index (χ2v) is 0. The molecule has 0 aliphatic heterocycles. The van der Waals surface area contributed by atoms with E-state index in [2.05, 4.69) is 0 Å². The van der Waals surface area contributed by atoms with E-state index in [0.29, 0.717) is 0 Å². The summed E-state index contributed by atoms with van der Waals surface area (Å²) in [5, 5.41) is 0. The van der Waals surface area contributed by atoms with Crippen LogP contribution in [-0.2, 0) is 72.9 Å². The predicted molar refractivity (Wildman–Crippen MR) is 2.06 cm³/mol. The average Bonchev–Trinajstić information content (AvgIpc) is 0. The molecule has 0 amide bonds. The van der Waals surface area contributed by atoms with Gasteiger partial charge in [0, 0.05) is 17.1 Å². The van der Waals surface area contributed by atoms with Crippen molar-refractivity contribution in [3.63, 3.8) is 0 Å². The summed E-state index contributed by atoms with van der Waals surface area (Å²) in [5.41, 5.74) is 0. The van der Waals surface area contributed by atoms with Crippen LogP contribution in [0, 0.1) is 0 Å². The molecule has 1 radical (unpaired) electrons. The van der Waals surface area contributed by atoms with Gasteiger partial charge in [-0.1, -0.05) is 0 Å². The minimum atomic E-state index is 0. The van der Waals surface area contributed by atoms with Gasteiger partial charge in [-0.3, -0.25) is 0 Å². The standard InChI is InChI=1S/2Cu.3O.Ta/q;+1;3*-2;+5. The van der Waals surface area contributed by atoms with Crippen LogP contribution in [0.15, 0.2) is 0 Å². The monoisotopic (exact) mass is 355 g/mol. The minimum absolute atomic E-state index is 0. The van der Waals surface area contributed by atoms with Gasteiger partial charge in [0.25, 0.3) is 0 Å². The maximum atomic E-state index is 0. The second-order valence-electron chi connectivity index (χ2n) is 0. The maximum absolute atomic E-state index is 0. The van der Waals surface area contributed by atoms with Gasteiger partial charge >= 0.3 is 39.4 Å². The van der Waals surface area contributed by atoms with Crippen LogP contribution in [0.1, 0.15) is 0 Å². The second kappa shape index (κ2) is 77.5. The molecule has 0 fully saturated rings. The summed E-state index contributed by atoms with van der Waals surface area (Å²) >= 11 is 0. The predicted octanol–water partition coefficient (Wildman–Crippen LogP) is -0.364. The van der Waals surface area contributed by atoms with Crippen molar-refractivity contribution in [1.82, 2.24) is 0 Å². The van der Waals surface area contributed by atoms with E-state index in [1.165, 1.54) is 0 Å². The SMILES string of the molecule is [Cu+].[Cu].[O-2].[O-2].[O-2].[Ta+5]. The Morgan fingerprint density at radius 3 is 0.667 bits per heavy atom. The molecule has 0 spiro atoms. The molecule has 0 rings (SSSR count). The Hall–Kier alpha value is 1.66. The Labute approximate surface area is 72.6 Å². The van der Waals surface area contributed by atoms with Crippen LogP contribution in [-0.4, -0.2) is 0 Å². The third-order valence-corrected chi connectivity index (χ3v) is 0. The molecule has 0 bridgehead atoms. The molecular weight excluding hydrogens is 356 g/mol. The summed E-state index contributed by atoms with van der Waals surface area (Å²) in [6.07, 6.45) is 0. The zero-order chi connectivity index (χ0) is 0. The number of hydrogen-bond donors (Lipinski definition) is 0. The first-order valence-electron chi connectivity index (χ1n) is 0. The molecule has 0 aliphatic rings. The van der Waals surface area contributed by atoms with Crippen molar-refractivity contribution >= 4 is 0 Å². The number of hydrogen-bond acceptors (Lipinski definition) is 0. The van der Waals surface area contributed by atoms with E-state index in [1.807, 2.05) is 0 Å². The van der Waals surface area contributed by atoms with Gasteiger partial charge in [-0.2, -0.15) is 0 Å². The van der Waals surface area contributed by atoms with Crippen molar-refractivity contribution in [3.8, 4) is 0 Å². The zero-order valence-corrected chi connectivity index (χ0v) is 7.37. The van der Waals surface area contributed by atoms with Crippen LogP contribution < -0.4 is 0 Å². The number of rotatable bonds is 0. The minimum Gasteiger partial charge on any atom is -2.00 e. The van der Waals surface area contributed by atoms with Gasteiger partial charge in [0.05, 0.1) is 0 Å². The first-order chi connectivity index (χ1) is 0. The Kier molecular flexibility index (Phi) is 1590. The molecule has 0 aromatic rings. The first kappa shape index (κ1) is 123. The molecule has 0 unspecified atom stereocenters. The van der Waals surface area contributed by atoms with Gasteiger partial charge in [-0.25, -0.2) is 0 Å². The topological polar surface area (TPSA) is 85.5 Å². The van der Waals surface area contributed by atoms with Gasteiger partial charge in [-0.15, -0.1) is 0 Å². The van der Waals surface area contributed by atoms with Crippen LogP contribution in [0.25, 0.3) is 0 Å². The van der Waals surface area contributed by atoms with Crippen LogP contribution in [0.3, 0.4) is 0 Å². The third-order valence-electron chi connectivity index (χ3n) is 0. The Morgan fingerprint density at radius 2 is 0.667 bits per heavy atom. The van der Waals surface area contributed by atoms with Crippen LogP contribution in [0.5, 0.6) is 0 Å². The fourth-order valence-corrected chi connectivity index (χ4v) is 0. The van der Waals surface area contributed by atoms with Gasteiger partial charge in [-0.05, 0) is 0 Å². The molecule has 0 N–H and O–H groups in total. The smallest absolute Gasteiger partial charge is 2.00 e. The molecule has 6 heavy (non-hydrogen) atoms. The summed E-state index contributed by atoms with van der Waals surface area (Å²) in [7, 11) is 0. The van der Waals surface area contributed by atoms with Gasteiger partial charge in [0.2, 0.25) is 0 Å². The van der Waals surface area contributed by atoms with E-state index in [1.54, 1.807) is 0 Å². The molecule has 0 saturated heterocycles. The van der Waals surface area contributed by atoms with Crippen LogP contribution in [0.2, 0.25) is 0 Å². The van der Waals surface area contributed by atoms with E-state index in [4.69, 9.17) is 0 Å². The molecule has 0 aromatic heterocycles. The van der Waals surface area contributed by atoms with E-state index < -0.39 is 0 Å². The Bertz CT molecular complexity index is 8.75. The molecule has 0 heterocycles. The van der Waals surface area contributed by atoms with Crippen molar-refractivity contribution in [3.05, 3.63) is 0 Å². The van der Waals surface area contributed by atoms with Gasteiger partial charge < -0.3 is 16.4 Å². The molecule has 0 aliphatic carbocycles. The summed E-state index contributed by atoms with van der Waals surface area (Å²) in [6.45, 7) is 0. The fourth-order valence-electron chi connectivity index (χ4n) is 0. The molecule has 0 saturated carbocycles. The van der Waals surface area contributed by atoms with Gasteiger partial charge in [0.15, 0.2) is 0 Å². The Morgan fingerprint density at radius 1 is 0.667 bits per heavy atom. The van der Waals surface area contributed by atoms with Crippen LogP contribution in [0.4, 0.5) is 0 Å². The molecule has 6 heteroatoms. The first-order valence-corrected chi connectivity index (χ1v) is 0. The molecule has 3 nitrogen and oxygen atoms in total. The van der Waals surface area contributed by atoms with Gasteiger partial charge in [0.1, 0.15) is 0 Å². The molecular formula is Cu2O3Ta. The summed E-state index contributed by atoms with van der Waals surface area (Å²) in [5.74, 6) is 0. The molecule has 0 aromatic carbocycles. The molecule has 45 valence electrons. The van der Waals surface area contributed by atoms with Crippen molar-refractivity contribution in [2.24, 2.45) is 0 Å².